The van der Waals surface area contributed by atoms with Crippen molar-refractivity contribution in [3.63, 3.8) is 0 Å². The molecule has 0 amide bonds. The van der Waals surface area contributed by atoms with E-state index in [-0.39, 0.29) is 11.0 Å². The number of ether oxygens (including phenoxy) is 1. The first kappa shape index (κ1) is 24.7. The summed E-state index contributed by atoms with van der Waals surface area (Å²) >= 11 is 1.37. The normalized spacial score (nSPS) is 21.7. The molecule has 10 heteroatoms. The van der Waals surface area contributed by atoms with E-state index in [4.69, 9.17) is 9.72 Å². The highest BCUT2D eigenvalue weighted by Crippen LogP contribution is 2.31. The van der Waals surface area contributed by atoms with E-state index < -0.39 is 21.7 Å². The van der Waals surface area contributed by atoms with Gasteiger partial charge in [0.15, 0.2) is 5.16 Å². The highest BCUT2D eigenvalue weighted by molar-refractivity contribution is 7.98. The molecule has 0 N–H and O–H groups in total. The van der Waals surface area contributed by atoms with Gasteiger partial charge in [0, 0.05) is 31.5 Å². The zero-order chi connectivity index (χ0) is 24.6. The Balaban J connectivity index is 1.47. The molecule has 35 heavy (non-hydrogen) atoms. The number of piperidine rings is 1. The quantitative estimate of drug-likeness (QED) is 0.400. The molecule has 0 bridgehead atoms. The van der Waals surface area contributed by atoms with Crippen molar-refractivity contribution < 1.29 is 21.9 Å². The molecular formula is C25H29F2N3O3S2. The second kappa shape index (κ2) is 10.2. The minimum atomic E-state index is -3.61. The molecule has 2 saturated heterocycles. The van der Waals surface area contributed by atoms with Crippen LogP contribution in [0.4, 0.5) is 8.78 Å². The third kappa shape index (κ3) is 5.40. The first-order valence-corrected chi connectivity index (χ1v) is 14.4. The van der Waals surface area contributed by atoms with E-state index in [0.29, 0.717) is 47.5 Å². The van der Waals surface area contributed by atoms with E-state index >= 15 is 0 Å². The third-order valence-electron chi connectivity index (χ3n) is 6.64. The van der Waals surface area contributed by atoms with Crippen LogP contribution in [0.25, 0.3) is 11.0 Å². The molecule has 5 rings (SSSR count). The molecule has 6 nitrogen and oxygen atoms in total. The topological polar surface area (TPSA) is 64.4 Å². The fraction of sp³-hybridized carbons (Fsp3) is 0.480. The van der Waals surface area contributed by atoms with E-state index in [2.05, 4.69) is 6.92 Å². The largest absolute Gasteiger partial charge is 0.376 e. The maximum absolute atomic E-state index is 13.7. The Kier molecular flexibility index (Phi) is 7.16. The van der Waals surface area contributed by atoms with Gasteiger partial charge in [-0.2, -0.15) is 4.31 Å². The molecule has 188 valence electrons. The number of thioether (sulfide) groups is 1. The van der Waals surface area contributed by atoms with Crippen molar-refractivity contribution in [3.05, 3.63) is 53.6 Å². The SMILES string of the molecule is C[C@H]1CCCN(S(=O)(=O)c2ccc3c(c2)nc(SCc2cc(F)cc(F)c2)n3C[C@@H]2CCCO2)C1. The second-order valence-corrected chi connectivity index (χ2v) is 12.3. The zero-order valence-corrected chi connectivity index (χ0v) is 21.3. The van der Waals surface area contributed by atoms with Crippen LogP contribution in [0.5, 0.6) is 0 Å². The molecule has 0 aliphatic carbocycles. The standard InChI is InChI=1S/C25H29F2N3O3S2/c1-17-4-2-8-29(14-17)35(31,32)22-6-7-24-23(13-22)28-25(30(24)15-21-5-3-9-33-21)34-16-18-10-19(26)12-20(27)11-18/h6-7,10-13,17,21H,2-5,8-9,14-16H2,1H3/t17-,21-/m0/s1. The van der Waals surface area contributed by atoms with Crippen LogP contribution in [0.2, 0.25) is 0 Å². The minimum absolute atomic E-state index is 0.0524. The number of halogens is 2. The maximum atomic E-state index is 13.7. The van der Waals surface area contributed by atoms with Crippen molar-refractivity contribution in [2.75, 3.05) is 19.7 Å². The van der Waals surface area contributed by atoms with Crippen LogP contribution in [0.1, 0.15) is 38.2 Å². The highest BCUT2D eigenvalue weighted by atomic mass is 32.2. The molecule has 0 unspecified atom stereocenters. The van der Waals surface area contributed by atoms with Crippen LogP contribution in [0.15, 0.2) is 46.5 Å². The molecule has 0 saturated carbocycles. The Hall–Kier alpha value is -2.01. The summed E-state index contributed by atoms with van der Waals surface area (Å²) in [5.41, 5.74) is 1.92. The lowest BCUT2D eigenvalue weighted by molar-refractivity contribution is 0.0960. The molecular weight excluding hydrogens is 492 g/mol. The van der Waals surface area contributed by atoms with E-state index in [1.807, 2.05) is 10.6 Å². The third-order valence-corrected chi connectivity index (χ3v) is 9.55. The fourth-order valence-electron chi connectivity index (χ4n) is 4.88. The van der Waals surface area contributed by atoms with E-state index in [9.17, 15) is 17.2 Å². The van der Waals surface area contributed by atoms with E-state index in [1.54, 1.807) is 16.4 Å². The van der Waals surface area contributed by atoms with Gasteiger partial charge in [-0.15, -0.1) is 0 Å². The van der Waals surface area contributed by atoms with Crippen molar-refractivity contribution in [2.24, 2.45) is 5.92 Å². The average Bonchev–Trinajstić information content (AvgIpc) is 3.45. The van der Waals surface area contributed by atoms with Gasteiger partial charge in [-0.3, -0.25) is 0 Å². The smallest absolute Gasteiger partial charge is 0.243 e. The Labute approximate surface area is 208 Å². The van der Waals surface area contributed by atoms with Gasteiger partial charge < -0.3 is 9.30 Å². The van der Waals surface area contributed by atoms with Crippen molar-refractivity contribution in [1.82, 2.24) is 13.9 Å². The summed E-state index contributed by atoms with van der Waals surface area (Å²) in [6.45, 7) is 4.44. The van der Waals surface area contributed by atoms with Crippen molar-refractivity contribution in [1.29, 1.82) is 0 Å². The average molecular weight is 522 g/mol. The Morgan fingerprint density at radius 1 is 1.11 bits per heavy atom. The molecule has 2 fully saturated rings. The number of benzene rings is 2. The van der Waals surface area contributed by atoms with Gasteiger partial charge in [-0.1, -0.05) is 18.7 Å². The van der Waals surface area contributed by atoms with Crippen LogP contribution in [-0.4, -0.2) is 48.1 Å². The lowest BCUT2D eigenvalue weighted by Crippen LogP contribution is -2.39. The zero-order valence-electron chi connectivity index (χ0n) is 19.6. The van der Waals surface area contributed by atoms with Gasteiger partial charge in [0.1, 0.15) is 11.6 Å². The van der Waals surface area contributed by atoms with Gasteiger partial charge in [-0.25, -0.2) is 22.2 Å². The predicted octanol–water partition coefficient (Wildman–Crippen LogP) is 5.21. The van der Waals surface area contributed by atoms with Crippen molar-refractivity contribution in [3.8, 4) is 0 Å². The van der Waals surface area contributed by atoms with E-state index in [1.165, 1.54) is 23.9 Å². The van der Waals surface area contributed by atoms with Crippen LogP contribution in [0.3, 0.4) is 0 Å². The van der Waals surface area contributed by atoms with Crippen molar-refractivity contribution >= 4 is 32.8 Å². The fourth-order valence-corrected chi connectivity index (χ4v) is 7.46. The molecule has 2 aliphatic heterocycles. The van der Waals surface area contributed by atoms with Gasteiger partial charge >= 0.3 is 0 Å². The van der Waals surface area contributed by atoms with Crippen LogP contribution >= 0.6 is 11.8 Å². The maximum Gasteiger partial charge on any atom is 0.243 e. The first-order valence-electron chi connectivity index (χ1n) is 12.0. The van der Waals surface area contributed by atoms with Gasteiger partial charge in [0.25, 0.3) is 0 Å². The molecule has 2 atom stereocenters. The number of sulfonamides is 1. The summed E-state index contributed by atoms with van der Waals surface area (Å²) in [4.78, 5) is 4.99. The first-order chi connectivity index (χ1) is 16.8. The molecule has 2 aromatic carbocycles. The van der Waals surface area contributed by atoms with Gasteiger partial charge in [-0.05, 0) is 67.5 Å². The molecule has 3 heterocycles. The molecule has 3 aromatic rings. The molecule has 2 aliphatic rings. The number of hydrogen-bond acceptors (Lipinski definition) is 5. The number of imidazole rings is 1. The number of aromatic nitrogens is 2. The minimum Gasteiger partial charge on any atom is -0.376 e. The summed E-state index contributed by atoms with van der Waals surface area (Å²) < 4.78 is 63.4. The number of fused-ring (bicyclic) bond motifs is 1. The molecule has 0 spiro atoms. The number of nitrogens with zero attached hydrogens (tertiary/aromatic N) is 3. The highest BCUT2D eigenvalue weighted by Gasteiger charge is 2.29. The summed E-state index contributed by atoms with van der Waals surface area (Å²) in [7, 11) is -3.61. The lowest BCUT2D eigenvalue weighted by atomic mass is 10.0. The van der Waals surface area contributed by atoms with Crippen LogP contribution in [-0.2, 0) is 27.1 Å². The Morgan fingerprint density at radius 2 is 1.91 bits per heavy atom. The summed E-state index contributed by atoms with van der Waals surface area (Å²) in [5, 5.41) is 0.668. The Morgan fingerprint density at radius 3 is 2.63 bits per heavy atom. The van der Waals surface area contributed by atoms with Gasteiger partial charge in [0.05, 0.1) is 28.6 Å². The van der Waals surface area contributed by atoms with Crippen LogP contribution < -0.4 is 0 Å². The summed E-state index contributed by atoms with van der Waals surface area (Å²) in [6.07, 6.45) is 3.89. The monoisotopic (exact) mass is 521 g/mol. The lowest BCUT2D eigenvalue weighted by Gasteiger charge is -2.30. The number of rotatable bonds is 7. The second-order valence-electron chi connectivity index (χ2n) is 9.47. The van der Waals surface area contributed by atoms with Crippen LogP contribution in [0, 0.1) is 17.6 Å². The van der Waals surface area contributed by atoms with Gasteiger partial charge in [0.2, 0.25) is 10.0 Å². The molecule has 0 radical (unpaired) electrons. The summed E-state index contributed by atoms with van der Waals surface area (Å²) in [5.74, 6) is -0.561. The van der Waals surface area contributed by atoms with Crippen molar-refractivity contribution in [2.45, 2.75) is 61.1 Å². The predicted molar refractivity (Wildman–Crippen MR) is 132 cm³/mol. The summed E-state index contributed by atoms with van der Waals surface area (Å²) in [6, 6.07) is 8.58. The number of hydrogen-bond donors (Lipinski definition) is 0. The molecule has 1 aromatic heterocycles. The van der Waals surface area contributed by atoms with E-state index in [0.717, 1.165) is 43.9 Å². The Bertz CT molecular complexity index is 1300.